The molecule has 1 N–H and O–H groups in total. The summed E-state index contributed by atoms with van der Waals surface area (Å²) < 4.78 is 5.86. The number of nitrogens with one attached hydrogen (secondary N) is 1. The van der Waals surface area contributed by atoms with E-state index in [0.717, 1.165) is 18.4 Å². The molecule has 2 aromatic rings. The third-order valence-electron chi connectivity index (χ3n) is 4.51. The number of pyridine rings is 1. The molecule has 1 fully saturated rings. The van der Waals surface area contributed by atoms with Crippen molar-refractivity contribution in [2.45, 2.75) is 45.3 Å². The number of carbonyl (C=O) groups excluding carboxylic acids is 1. The molecular weight excluding hydrogens is 334 g/mol. The second-order valence-corrected chi connectivity index (χ2v) is 6.44. The predicted molar refractivity (Wildman–Crippen MR) is 96.1 cm³/mol. The molecule has 1 saturated carbocycles. The molecule has 0 bridgehead atoms. The van der Waals surface area contributed by atoms with Crippen LogP contribution >= 0.6 is 0 Å². The fourth-order valence-electron chi connectivity index (χ4n) is 3.16. The Morgan fingerprint density at radius 2 is 2.12 bits per heavy atom. The average Bonchev–Trinajstić information content (AvgIpc) is 3.12. The lowest BCUT2D eigenvalue weighted by molar-refractivity contribution is -0.385. The number of nitro benzene ring substituents is 1. The zero-order chi connectivity index (χ0) is 18.5. The highest BCUT2D eigenvalue weighted by Gasteiger charge is 2.22. The van der Waals surface area contributed by atoms with Gasteiger partial charge in [0.05, 0.1) is 4.92 Å². The Hall–Kier alpha value is -2.96. The van der Waals surface area contributed by atoms with Crippen molar-refractivity contribution >= 4 is 11.6 Å². The van der Waals surface area contributed by atoms with E-state index in [-0.39, 0.29) is 23.9 Å². The van der Waals surface area contributed by atoms with Crippen LogP contribution in [-0.2, 0) is 6.54 Å². The number of nitrogens with zero attached hydrogens (tertiary/aromatic N) is 2. The summed E-state index contributed by atoms with van der Waals surface area (Å²) in [4.78, 5) is 27.3. The zero-order valence-corrected chi connectivity index (χ0v) is 14.6. The van der Waals surface area contributed by atoms with E-state index in [4.69, 9.17) is 4.74 Å². The van der Waals surface area contributed by atoms with Gasteiger partial charge in [0.1, 0.15) is 11.7 Å². The summed E-state index contributed by atoms with van der Waals surface area (Å²) in [6, 6.07) is 8.29. The number of ether oxygens (including phenoxy) is 1. The first-order chi connectivity index (χ1) is 12.5. The molecule has 7 nitrogen and oxygen atoms in total. The van der Waals surface area contributed by atoms with E-state index >= 15 is 0 Å². The van der Waals surface area contributed by atoms with Crippen LogP contribution in [0, 0.1) is 17.0 Å². The molecule has 1 aliphatic rings. The summed E-state index contributed by atoms with van der Waals surface area (Å²) in [5, 5.41) is 14.0. The molecule has 136 valence electrons. The van der Waals surface area contributed by atoms with Crippen LogP contribution in [-0.4, -0.2) is 21.9 Å². The molecule has 1 aromatic heterocycles. The normalized spacial score (nSPS) is 14.2. The molecule has 26 heavy (non-hydrogen) atoms. The van der Waals surface area contributed by atoms with E-state index in [1.165, 1.54) is 18.9 Å². The Kier molecular flexibility index (Phi) is 5.46. The number of nitro groups is 1. The molecule has 1 heterocycles. The van der Waals surface area contributed by atoms with Crippen LogP contribution < -0.4 is 10.1 Å². The summed E-state index contributed by atoms with van der Waals surface area (Å²) >= 11 is 0. The van der Waals surface area contributed by atoms with Crippen molar-refractivity contribution in [1.29, 1.82) is 0 Å². The number of benzene rings is 1. The molecule has 0 unspecified atom stereocenters. The van der Waals surface area contributed by atoms with E-state index in [9.17, 15) is 14.9 Å². The van der Waals surface area contributed by atoms with Crippen molar-refractivity contribution in [3.63, 3.8) is 0 Å². The fraction of sp³-hybridized carbons (Fsp3) is 0.368. The Labute approximate surface area is 151 Å². The van der Waals surface area contributed by atoms with Crippen LogP contribution in [0.1, 0.15) is 47.2 Å². The summed E-state index contributed by atoms with van der Waals surface area (Å²) in [6.45, 7) is 1.86. The van der Waals surface area contributed by atoms with Crippen LogP contribution in [0.5, 0.6) is 5.88 Å². The Bertz CT molecular complexity index is 816. The molecule has 7 heteroatoms. The predicted octanol–water partition coefficient (Wildman–Crippen LogP) is 3.55. The molecule has 0 aliphatic heterocycles. The van der Waals surface area contributed by atoms with E-state index in [0.29, 0.717) is 11.4 Å². The smallest absolute Gasteiger partial charge is 0.285 e. The lowest BCUT2D eigenvalue weighted by Gasteiger charge is -2.13. The summed E-state index contributed by atoms with van der Waals surface area (Å²) in [5.41, 5.74) is 1.19. The maximum absolute atomic E-state index is 12.4. The number of aryl methyl sites for hydroxylation is 1. The molecule has 3 rings (SSSR count). The van der Waals surface area contributed by atoms with Gasteiger partial charge in [-0.3, -0.25) is 14.9 Å². The van der Waals surface area contributed by atoms with Crippen molar-refractivity contribution in [3.05, 3.63) is 63.3 Å². The standard InChI is InChI=1S/C19H21N3O4/c1-13-5-4-8-16(18(13)22(24)25)19(23)21-12-14-9-10-20-17(11-14)26-15-6-2-3-7-15/h4-5,8-11,15H,2-3,6-7,12H2,1H3,(H,21,23). The number of hydrogen-bond donors (Lipinski definition) is 1. The topological polar surface area (TPSA) is 94.4 Å². The van der Waals surface area contributed by atoms with Gasteiger partial charge >= 0.3 is 0 Å². The van der Waals surface area contributed by atoms with Crippen LogP contribution in [0.4, 0.5) is 5.69 Å². The van der Waals surface area contributed by atoms with Gasteiger partial charge in [0.25, 0.3) is 11.6 Å². The van der Waals surface area contributed by atoms with Gasteiger partial charge in [-0.2, -0.15) is 0 Å². The summed E-state index contributed by atoms with van der Waals surface area (Å²) in [5.74, 6) is 0.0701. The minimum absolute atomic E-state index is 0.0616. The first-order valence-electron chi connectivity index (χ1n) is 8.68. The van der Waals surface area contributed by atoms with Crippen molar-refractivity contribution in [2.24, 2.45) is 0 Å². The van der Waals surface area contributed by atoms with E-state index in [1.54, 1.807) is 37.4 Å². The quantitative estimate of drug-likeness (QED) is 0.632. The monoisotopic (exact) mass is 355 g/mol. The van der Waals surface area contributed by atoms with Crippen molar-refractivity contribution < 1.29 is 14.5 Å². The highest BCUT2D eigenvalue weighted by molar-refractivity contribution is 5.98. The third kappa shape index (κ3) is 4.17. The zero-order valence-electron chi connectivity index (χ0n) is 14.6. The molecule has 1 aliphatic carbocycles. The summed E-state index contributed by atoms with van der Waals surface area (Å²) in [6.07, 6.45) is 6.29. The molecule has 0 saturated heterocycles. The van der Waals surface area contributed by atoms with E-state index in [1.807, 2.05) is 0 Å². The third-order valence-corrected chi connectivity index (χ3v) is 4.51. The minimum atomic E-state index is -0.524. The van der Waals surface area contributed by atoms with Gasteiger partial charge in [0.2, 0.25) is 5.88 Å². The molecular formula is C19H21N3O4. The van der Waals surface area contributed by atoms with Crippen LogP contribution in [0.3, 0.4) is 0 Å². The van der Waals surface area contributed by atoms with Crippen molar-refractivity contribution in [2.75, 3.05) is 0 Å². The molecule has 1 aromatic carbocycles. The number of rotatable bonds is 6. The first-order valence-corrected chi connectivity index (χ1v) is 8.68. The maximum atomic E-state index is 12.4. The second-order valence-electron chi connectivity index (χ2n) is 6.44. The lowest BCUT2D eigenvalue weighted by atomic mass is 10.1. The van der Waals surface area contributed by atoms with Crippen LogP contribution in [0.2, 0.25) is 0 Å². The molecule has 0 spiro atoms. The van der Waals surface area contributed by atoms with E-state index in [2.05, 4.69) is 10.3 Å². The highest BCUT2D eigenvalue weighted by Crippen LogP contribution is 2.24. The number of para-hydroxylation sites is 1. The SMILES string of the molecule is Cc1cccc(C(=O)NCc2ccnc(OC3CCCC3)c2)c1[N+](=O)[O-]. The summed E-state index contributed by atoms with van der Waals surface area (Å²) in [7, 11) is 0. The van der Waals surface area contributed by atoms with Gasteiger partial charge in [-0.1, -0.05) is 12.1 Å². The average molecular weight is 355 g/mol. The van der Waals surface area contributed by atoms with Crippen LogP contribution in [0.15, 0.2) is 36.5 Å². The van der Waals surface area contributed by atoms with Gasteiger partial charge in [0.15, 0.2) is 0 Å². The second kappa shape index (κ2) is 7.95. The van der Waals surface area contributed by atoms with Crippen molar-refractivity contribution in [3.8, 4) is 5.88 Å². The van der Waals surface area contributed by atoms with Gasteiger partial charge in [-0.15, -0.1) is 0 Å². The molecule has 0 atom stereocenters. The van der Waals surface area contributed by atoms with E-state index < -0.39 is 10.8 Å². The maximum Gasteiger partial charge on any atom is 0.285 e. The Balaban J connectivity index is 1.66. The molecule has 1 amide bonds. The fourth-order valence-corrected chi connectivity index (χ4v) is 3.16. The number of aromatic nitrogens is 1. The van der Waals surface area contributed by atoms with Crippen LogP contribution in [0.25, 0.3) is 0 Å². The Morgan fingerprint density at radius 1 is 1.35 bits per heavy atom. The largest absolute Gasteiger partial charge is 0.474 e. The van der Waals surface area contributed by atoms with Gasteiger partial charge in [-0.25, -0.2) is 4.98 Å². The molecule has 0 radical (unpaired) electrons. The number of amides is 1. The number of carbonyl (C=O) groups is 1. The lowest BCUT2D eigenvalue weighted by Crippen LogP contribution is -2.24. The highest BCUT2D eigenvalue weighted by atomic mass is 16.6. The van der Waals surface area contributed by atoms with Crippen molar-refractivity contribution in [1.82, 2.24) is 10.3 Å². The minimum Gasteiger partial charge on any atom is -0.474 e. The first kappa shape index (κ1) is 17.8. The van der Waals surface area contributed by atoms with Gasteiger partial charge < -0.3 is 10.1 Å². The van der Waals surface area contributed by atoms with Gasteiger partial charge in [0, 0.05) is 24.4 Å². The number of hydrogen-bond acceptors (Lipinski definition) is 5. The van der Waals surface area contributed by atoms with Gasteiger partial charge in [-0.05, 0) is 50.3 Å². The Morgan fingerprint density at radius 3 is 2.85 bits per heavy atom.